The van der Waals surface area contributed by atoms with Gasteiger partial charge in [-0.05, 0) is 86.0 Å². The van der Waals surface area contributed by atoms with Crippen LogP contribution in [0.5, 0.6) is 0 Å². The van der Waals surface area contributed by atoms with Crippen LogP contribution in [0.15, 0.2) is 30.3 Å². The molecule has 4 fully saturated rings. The molecule has 0 atom stereocenters. The van der Waals surface area contributed by atoms with Crippen molar-refractivity contribution in [1.29, 1.82) is 0 Å². The molecule has 2 aromatic rings. The summed E-state index contributed by atoms with van der Waals surface area (Å²) in [4.78, 5) is 17.8. The van der Waals surface area contributed by atoms with E-state index in [1.54, 1.807) is 0 Å². The molecule has 1 heterocycles. The van der Waals surface area contributed by atoms with Crippen molar-refractivity contribution < 1.29 is 9.90 Å². The van der Waals surface area contributed by atoms with Gasteiger partial charge < -0.3 is 21.1 Å². The Hall–Kier alpha value is -1.60. The van der Waals surface area contributed by atoms with Crippen molar-refractivity contribution in [3.8, 4) is 0 Å². The number of carbonyl (C=O) groups is 1. The van der Waals surface area contributed by atoms with E-state index in [1.807, 2.05) is 30.3 Å². The second-order valence-corrected chi connectivity index (χ2v) is 10.1. The number of hydrogen-bond donors (Lipinski definition) is 4. The molecule has 4 bridgehead atoms. The standard InChI is InChI=1S/C25H34N4O2.2ClH/c30-9-8-26-6-7-27-23-5-4-20-21(2-1-3-22(20)29-23)24(31)28-16-25-13-17-10-18(14-25)12-19(11-17)15-25;;/h1-5,17-19,26,30H,6-16H2,(H,27,29)(H,28,31);2*1H. The number of hydrogen-bond acceptors (Lipinski definition) is 5. The molecule has 4 N–H and O–H groups in total. The molecule has 4 saturated carbocycles. The van der Waals surface area contributed by atoms with E-state index in [1.165, 1.54) is 38.5 Å². The number of pyridine rings is 1. The van der Waals surface area contributed by atoms with Crippen LogP contribution in [-0.4, -0.2) is 48.8 Å². The molecule has 6 nitrogen and oxygen atoms in total. The molecule has 0 saturated heterocycles. The molecule has 0 aliphatic heterocycles. The van der Waals surface area contributed by atoms with Crippen molar-refractivity contribution in [3.05, 3.63) is 35.9 Å². The second kappa shape index (κ2) is 11.2. The number of rotatable bonds is 9. The quantitative estimate of drug-likeness (QED) is 0.395. The molecule has 4 aliphatic rings. The minimum Gasteiger partial charge on any atom is -0.395 e. The van der Waals surface area contributed by atoms with Crippen molar-refractivity contribution in [2.45, 2.75) is 38.5 Å². The number of nitrogens with one attached hydrogen (secondary N) is 3. The van der Waals surface area contributed by atoms with Gasteiger partial charge in [0.1, 0.15) is 5.82 Å². The monoisotopic (exact) mass is 494 g/mol. The molecule has 6 rings (SSSR count). The molecule has 8 heteroatoms. The smallest absolute Gasteiger partial charge is 0.251 e. The average Bonchev–Trinajstić information content (AvgIpc) is 2.76. The Bertz CT molecular complexity index is 920. The van der Waals surface area contributed by atoms with Crippen molar-refractivity contribution in [2.75, 3.05) is 38.1 Å². The van der Waals surface area contributed by atoms with Crippen molar-refractivity contribution in [1.82, 2.24) is 15.6 Å². The zero-order valence-electron chi connectivity index (χ0n) is 19.0. The first kappa shape index (κ1) is 26.0. The largest absolute Gasteiger partial charge is 0.395 e. The highest BCUT2D eigenvalue weighted by molar-refractivity contribution is 6.06. The van der Waals surface area contributed by atoms with Gasteiger partial charge in [0.05, 0.1) is 12.1 Å². The molecule has 4 aliphatic carbocycles. The van der Waals surface area contributed by atoms with Gasteiger partial charge in [0, 0.05) is 37.1 Å². The van der Waals surface area contributed by atoms with Gasteiger partial charge in [-0.15, -0.1) is 24.8 Å². The molecule has 0 unspecified atom stereocenters. The number of benzene rings is 1. The summed E-state index contributed by atoms with van der Waals surface area (Å²) in [7, 11) is 0. The van der Waals surface area contributed by atoms with Crippen molar-refractivity contribution in [3.63, 3.8) is 0 Å². The number of nitrogens with zero attached hydrogens (tertiary/aromatic N) is 1. The van der Waals surface area contributed by atoms with E-state index in [2.05, 4.69) is 20.9 Å². The summed E-state index contributed by atoms with van der Waals surface area (Å²) in [6.45, 7) is 3.03. The maximum absolute atomic E-state index is 13.1. The lowest BCUT2D eigenvalue weighted by Gasteiger charge is -2.56. The summed E-state index contributed by atoms with van der Waals surface area (Å²) in [6.07, 6.45) is 8.19. The van der Waals surface area contributed by atoms with Gasteiger partial charge in [-0.1, -0.05) is 6.07 Å². The van der Waals surface area contributed by atoms with Crippen LogP contribution in [0.4, 0.5) is 5.82 Å². The summed E-state index contributed by atoms with van der Waals surface area (Å²) < 4.78 is 0. The number of anilines is 1. The summed E-state index contributed by atoms with van der Waals surface area (Å²) >= 11 is 0. The molecular formula is C25H36Cl2N4O2. The highest BCUT2D eigenvalue weighted by Gasteiger charge is 2.50. The molecule has 1 amide bonds. The van der Waals surface area contributed by atoms with Crippen LogP contribution in [0, 0.1) is 23.2 Å². The number of halogens is 2. The lowest BCUT2D eigenvalue weighted by molar-refractivity contribution is -0.0503. The Kier molecular flexibility index (Phi) is 8.84. The highest BCUT2D eigenvalue weighted by Crippen LogP contribution is 2.59. The first-order valence-corrected chi connectivity index (χ1v) is 11.9. The molecule has 0 spiro atoms. The van der Waals surface area contributed by atoms with Gasteiger partial charge in [-0.25, -0.2) is 4.98 Å². The third-order valence-corrected chi connectivity index (χ3v) is 7.66. The topological polar surface area (TPSA) is 86.3 Å². The van der Waals surface area contributed by atoms with Crippen molar-refractivity contribution in [2.24, 2.45) is 23.2 Å². The first-order valence-electron chi connectivity index (χ1n) is 11.9. The van der Waals surface area contributed by atoms with Gasteiger partial charge >= 0.3 is 0 Å². The van der Waals surface area contributed by atoms with Gasteiger partial charge in [-0.3, -0.25) is 4.79 Å². The summed E-state index contributed by atoms with van der Waals surface area (Å²) in [5, 5.41) is 19.4. The number of aromatic nitrogens is 1. The molecule has 33 heavy (non-hydrogen) atoms. The van der Waals surface area contributed by atoms with Crippen LogP contribution in [-0.2, 0) is 0 Å². The highest BCUT2D eigenvalue weighted by atomic mass is 35.5. The van der Waals surface area contributed by atoms with E-state index in [0.29, 0.717) is 17.5 Å². The van der Waals surface area contributed by atoms with Crippen LogP contribution in [0.3, 0.4) is 0 Å². The maximum atomic E-state index is 13.1. The normalized spacial score (nSPS) is 27.0. The molecule has 0 radical (unpaired) electrons. The average molecular weight is 495 g/mol. The van der Waals surface area contributed by atoms with E-state index in [0.717, 1.165) is 54.1 Å². The Morgan fingerprint density at radius 3 is 2.33 bits per heavy atom. The fourth-order valence-electron chi connectivity index (χ4n) is 6.80. The van der Waals surface area contributed by atoms with Gasteiger partial charge in [-0.2, -0.15) is 0 Å². The van der Waals surface area contributed by atoms with Gasteiger partial charge in [0.2, 0.25) is 0 Å². The van der Waals surface area contributed by atoms with Crippen LogP contribution in [0.2, 0.25) is 0 Å². The zero-order valence-corrected chi connectivity index (χ0v) is 20.6. The summed E-state index contributed by atoms with van der Waals surface area (Å²) in [5.74, 6) is 3.51. The predicted octanol–water partition coefficient (Wildman–Crippen LogP) is 4.02. The van der Waals surface area contributed by atoms with Crippen LogP contribution < -0.4 is 16.0 Å². The van der Waals surface area contributed by atoms with Crippen LogP contribution in [0.25, 0.3) is 10.9 Å². The minimum absolute atomic E-state index is 0. The fraction of sp³-hybridized carbons (Fsp3) is 0.600. The first-order chi connectivity index (χ1) is 15.1. The molecule has 1 aromatic carbocycles. The zero-order chi connectivity index (χ0) is 21.3. The van der Waals surface area contributed by atoms with Crippen molar-refractivity contribution >= 4 is 47.4 Å². The molecular weight excluding hydrogens is 459 g/mol. The number of aliphatic hydroxyl groups is 1. The van der Waals surface area contributed by atoms with E-state index >= 15 is 0 Å². The Labute approximate surface area is 208 Å². The Balaban J connectivity index is 0.00000153. The number of aliphatic hydroxyl groups excluding tert-OH is 1. The SMILES string of the molecule is Cl.Cl.O=C(NCC12CC3CC(CC(C3)C1)C2)c1cccc2nc(NCCNCCO)ccc12. The van der Waals surface area contributed by atoms with E-state index in [-0.39, 0.29) is 37.3 Å². The molecule has 182 valence electrons. The van der Waals surface area contributed by atoms with Crippen LogP contribution >= 0.6 is 24.8 Å². The number of fused-ring (bicyclic) bond motifs is 1. The van der Waals surface area contributed by atoms with Gasteiger partial charge in [0.25, 0.3) is 5.91 Å². The third-order valence-electron chi connectivity index (χ3n) is 7.66. The number of carbonyl (C=O) groups excluding carboxylic acids is 1. The second-order valence-electron chi connectivity index (χ2n) is 10.1. The minimum atomic E-state index is 0. The Morgan fingerprint density at radius 1 is 0.970 bits per heavy atom. The van der Waals surface area contributed by atoms with Gasteiger partial charge in [0.15, 0.2) is 0 Å². The third kappa shape index (κ3) is 5.73. The van der Waals surface area contributed by atoms with E-state index in [9.17, 15) is 4.79 Å². The van der Waals surface area contributed by atoms with E-state index in [4.69, 9.17) is 5.11 Å². The lowest BCUT2D eigenvalue weighted by atomic mass is 9.49. The lowest BCUT2D eigenvalue weighted by Crippen LogP contribution is -2.51. The molecule has 1 aromatic heterocycles. The summed E-state index contributed by atoms with van der Waals surface area (Å²) in [6, 6.07) is 9.71. The maximum Gasteiger partial charge on any atom is 0.251 e. The summed E-state index contributed by atoms with van der Waals surface area (Å²) in [5.41, 5.74) is 1.88. The number of amides is 1. The van der Waals surface area contributed by atoms with Crippen LogP contribution in [0.1, 0.15) is 48.9 Å². The fourth-order valence-corrected chi connectivity index (χ4v) is 6.80. The Morgan fingerprint density at radius 2 is 1.67 bits per heavy atom. The van der Waals surface area contributed by atoms with E-state index < -0.39 is 0 Å². The predicted molar refractivity (Wildman–Crippen MR) is 138 cm³/mol.